The van der Waals surface area contributed by atoms with E-state index in [1.54, 1.807) is 29.2 Å². The monoisotopic (exact) mass is 361 g/mol. The molecule has 1 aliphatic rings. The number of nitrogens with one attached hydrogen (secondary N) is 1. The van der Waals surface area contributed by atoms with E-state index in [1.165, 1.54) is 18.2 Å². The van der Waals surface area contributed by atoms with Crippen molar-refractivity contribution in [1.82, 2.24) is 0 Å². The van der Waals surface area contributed by atoms with E-state index >= 15 is 0 Å². The van der Waals surface area contributed by atoms with Crippen LogP contribution >= 0.6 is 0 Å². The normalized spacial score (nSPS) is 14.6. The molecule has 0 saturated carbocycles. The van der Waals surface area contributed by atoms with Gasteiger partial charge in [0.1, 0.15) is 0 Å². The molecule has 0 radical (unpaired) electrons. The molecule has 130 valence electrons. The maximum absolute atomic E-state index is 12.5. The lowest BCUT2D eigenvalue weighted by molar-refractivity contribution is -0.385. The molecule has 1 saturated heterocycles. The van der Waals surface area contributed by atoms with Crippen LogP contribution in [0.5, 0.6) is 0 Å². The zero-order valence-corrected chi connectivity index (χ0v) is 13.9. The number of hydrogen-bond acceptors (Lipinski definition) is 5. The number of anilines is 2. The molecule has 9 heteroatoms. The smallest absolute Gasteiger partial charge is 0.270 e. The molecule has 1 fully saturated rings. The highest BCUT2D eigenvalue weighted by Gasteiger charge is 2.23. The van der Waals surface area contributed by atoms with Crippen molar-refractivity contribution in [3.63, 3.8) is 0 Å². The summed E-state index contributed by atoms with van der Waals surface area (Å²) in [6.07, 6.45) is 1.24. The first-order valence-corrected chi connectivity index (χ1v) is 9.03. The van der Waals surface area contributed by atoms with Gasteiger partial charge in [-0.3, -0.25) is 19.6 Å². The van der Waals surface area contributed by atoms with E-state index in [2.05, 4.69) is 4.72 Å². The highest BCUT2D eigenvalue weighted by Crippen LogP contribution is 2.26. The SMILES string of the molecule is O=C1CCCN1c1cccc(NS(=O)(=O)c2cccc([N+](=O)[O-])c2)c1. The van der Waals surface area contributed by atoms with Crippen LogP contribution in [0.15, 0.2) is 53.4 Å². The summed E-state index contributed by atoms with van der Waals surface area (Å²) in [5.41, 5.74) is 0.588. The fourth-order valence-electron chi connectivity index (χ4n) is 2.64. The third-order valence-corrected chi connectivity index (χ3v) is 5.20. The summed E-state index contributed by atoms with van der Waals surface area (Å²) in [4.78, 5) is 23.4. The van der Waals surface area contributed by atoms with Crippen LogP contribution in [0, 0.1) is 10.1 Å². The number of nitrogens with zero attached hydrogens (tertiary/aromatic N) is 2. The van der Waals surface area contributed by atoms with E-state index in [9.17, 15) is 23.3 Å². The summed E-state index contributed by atoms with van der Waals surface area (Å²) in [5, 5.41) is 10.8. The lowest BCUT2D eigenvalue weighted by atomic mass is 10.2. The molecule has 3 rings (SSSR count). The number of nitro benzene ring substituents is 1. The molecule has 1 amide bonds. The van der Waals surface area contributed by atoms with Crippen molar-refractivity contribution < 1.29 is 18.1 Å². The minimum atomic E-state index is -3.98. The summed E-state index contributed by atoms with van der Waals surface area (Å²) in [6, 6.07) is 11.3. The molecule has 0 atom stereocenters. The van der Waals surface area contributed by atoms with Crippen LogP contribution in [-0.2, 0) is 14.8 Å². The van der Waals surface area contributed by atoms with Gasteiger partial charge in [0, 0.05) is 30.8 Å². The number of carbonyl (C=O) groups excluding carboxylic acids is 1. The molecule has 25 heavy (non-hydrogen) atoms. The zero-order valence-electron chi connectivity index (χ0n) is 13.1. The Morgan fingerprint density at radius 2 is 1.88 bits per heavy atom. The van der Waals surface area contributed by atoms with Crippen LogP contribution in [0.1, 0.15) is 12.8 Å². The second kappa shape index (κ2) is 6.52. The van der Waals surface area contributed by atoms with E-state index in [-0.39, 0.29) is 22.2 Å². The first-order chi connectivity index (χ1) is 11.9. The second-order valence-corrected chi connectivity index (χ2v) is 7.24. The van der Waals surface area contributed by atoms with Gasteiger partial charge in [-0.1, -0.05) is 12.1 Å². The first-order valence-electron chi connectivity index (χ1n) is 7.54. The van der Waals surface area contributed by atoms with Gasteiger partial charge >= 0.3 is 0 Å². The topological polar surface area (TPSA) is 110 Å². The Morgan fingerprint density at radius 1 is 1.12 bits per heavy atom. The number of amides is 1. The van der Waals surface area contributed by atoms with Gasteiger partial charge in [0.2, 0.25) is 5.91 Å². The van der Waals surface area contributed by atoms with Gasteiger partial charge in [-0.05, 0) is 30.7 Å². The van der Waals surface area contributed by atoms with Crippen molar-refractivity contribution >= 4 is 33.0 Å². The lowest BCUT2D eigenvalue weighted by Gasteiger charge is -2.17. The second-order valence-electron chi connectivity index (χ2n) is 5.56. The van der Waals surface area contributed by atoms with Crippen LogP contribution in [0.4, 0.5) is 17.1 Å². The van der Waals surface area contributed by atoms with Gasteiger partial charge in [0.25, 0.3) is 15.7 Å². The molecule has 2 aromatic carbocycles. The predicted octanol–water partition coefficient (Wildman–Crippen LogP) is 2.52. The van der Waals surface area contributed by atoms with Crippen molar-refractivity contribution in [2.75, 3.05) is 16.2 Å². The Morgan fingerprint density at radius 3 is 2.56 bits per heavy atom. The van der Waals surface area contributed by atoms with Crippen molar-refractivity contribution in [3.8, 4) is 0 Å². The quantitative estimate of drug-likeness (QED) is 0.650. The number of hydrogen-bond donors (Lipinski definition) is 1. The van der Waals surface area contributed by atoms with Gasteiger partial charge in [0.05, 0.1) is 15.5 Å². The van der Waals surface area contributed by atoms with Crippen LogP contribution in [-0.4, -0.2) is 25.8 Å². The van der Waals surface area contributed by atoms with Crippen molar-refractivity contribution in [3.05, 3.63) is 58.6 Å². The molecule has 1 heterocycles. The average molecular weight is 361 g/mol. The third kappa shape index (κ3) is 3.61. The van der Waals surface area contributed by atoms with E-state index < -0.39 is 14.9 Å². The Balaban J connectivity index is 1.87. The van der Waals surface area contributed by atoms with Crippen molar-refractivity contribution in [2.24, 2.45) is 0 Å². The summed E-state index contributed by atoms with van der Waals surface area (Å²) in [5.74, 6) is -0.00121. The van der Waals surface area contributed by atoms with E-state index in [1.807, 2.05) is 0 Å². The van der Waals surface area contributed by atoms with Gasteiger partial charge < -0.3 is 4.90 Å². The van der Waals surface area contributed by atoms with Crippen LogP contribution < -0.4 is 9.62 Å². The molecule has 0 aliphatic carbocycles. The first kappa shape index (κ1) is 16.9. The van der Waals surface area contributed by atoms with Crippen molar-refractivity contribution in [1.29, 1.82) is 0 Å². The Bertz CT molecular complexity index is 942. The molecule has 0 unspecified atom stereocenters. The fourth-order valence-corrected chi connectivity index (χ4v) is 3.73. The molecule has 0 bridgehead atoms. The molecule has 2 aromatic rings. The Labute approximate surface area is 144 Å². The minimum Gasteiger partial charge on any atom is -0.312 e. The number of nitro groups is 1. The van der Waals surface area contributed by atoms with Crippen LogP contribution in [0.25, 0.3) is 0 Å². The van der Waals surface area contributed by atoms with E-state index in [0.717, 1.165) is 12.5 Å². The molecule has 0 aromatic heterocycles. The molecule has 1 aliphatic heterocycles. The number of sulfonamides is 1. The van der Waals surface area contributed by atoms with Crippen molar-refractivity contribution in [2.45, 2.75) is 17.7 Å². The average Bonchev–Trinajstić information content (AvgIpc) is 3.01. The molecule has 8 nitrogen and oxygen atoms in total. The standard InChI is InChI=1S/C16H15N3O5S/c20-16-8-3-9-18(16)13-5-1-4-12(10-13)17-25(23,24)15-7-2-6-14(11-15)19(21)22/h1-2,4-7,10-11,17H,3,8-9H2. The summed E-state index contributed by atoms with van der Waals surface area (Å²) >= 11 is 0. The number of non-ortho nitro benzene ring substituents is 1. The van der Waals surface area contributed by atoms with Gasteiger partial charge in [-0.15, -0.1) is 0 Å². The molecule has 0 spiro atoms. The van der Waals surface area contributed by atoms with Gasteiger partial charge in [-0.2, -0.15) is 0 Å². The molecule has 1 N–H and O–H groups in total. The summed E-state index contributed by atoms with van der Waals surface area (Å²) in [7, 11) is -3.98. The van der Waals surface area contributed by atoms with E-state index in [0.29, 0.717) is 18.7 Å². The lowest BCUT2D eigenvalue weighted by Crippen LogP contribution is -2.23. The number of benzene rings is 2. The van der Waals surface area contributed by atoms with Gasteiger partial charge in [-0.25, -0.2) is 8.42 Å². The largest absolute Gasteiger partial charge is 0.312 e. The highest BCUT2D eigenvalue weighted by molar-refractivity contribution is 7.92. The Kier molecular flexibility index (Phi) is 4.41. The molecular weight excluding hydrogens is 346 g/mol. The predicted molar refractivity (Wildman–Crippen MR) is 91.9 cm³/mol. The molecular formula is C16H15N3O5S. The van der Waals surface area contributed by atoms with Crippen LogP contribution in [0.2, 0.25) is 0 Å². The highest BCUT2D eigenvalue weighted by atomic mass is 32.2. The van der Waals surface area contributed by atoms with E-state index in [4.69, 9.17) is 0 Å². The van der Waals surface area contributed by atoms with Gasteiger partial charge in [0.15, 0.2) is 0 Å². The summed E-state index contributed by atoms with van der Waals surface area (Å²) in [6.45, 7) is 0.597. The summed E-state index contributed by atoms with van der Waals surface area (Å²) < 4.78 is 27.3. The minimum absolute atomic E-state index is 0.00121. The number of carbonyl (C=O) groups is 1. The van der Waals surface area contributed by atoms with Crippen LogP contribution in [0.3, 0.4) is 0 Å². The maximum Gasteiger partial charge on any atom is 0.270 e. The fraction of sp³-hybridized carbons (Fsp3) is 0.188. The maximum atomic E-state index is 12.5. The number of rotatable bonds is 5. The zero-order chi connectivity index (χ0) is 18.0. The third-order valence-electron chi connectivity index (χ3n) is 3.82. The Hall–Kier alpha value is -2.94.